The summed E-state index contributed by atoms with van der Waals surface area (Å²) in [7, 11) is 1.57. The normalized spacial score (nSPS) is 15.9. The minimum absolute atomic E-state index is 0.00319. The lowest BCUT2D eigenvalue weighted by atomic mass is 10.1. The van der Waals surface area contributed by atoms with Crippen LogP contribution in [0.4, 0.5) is 0 Å². The molecule has 2 aliphatic heterocycles. The molecule has 0 radical (unpaired) electrons. The maximum atomic E-state index is 12.8. The molecule has 0 unspecified atom stereocenters. The number of carbonyl (C=O) groups excluding carboxylic acids is 1. The number of ether oxygens (including phenoxy) is 2. The molecule has 9 heteroatoms. The van der Waals surface area contributed by atoms with Gasteiger partial charge in [0.1, 0.15) is 6.61 Å². The van der Waals surface area contributed by atoms with Crippen molar-refractivity contribution in [3.8, 4) is 11.5 Å². The number of aryl methyl sites for hydroxylation is 1. The van der Waals surface area contributed by atoms with Crippen LogP contribution in [0, 0.1) is 12.3 Å². The predicted octanol–water partition coefficient (Wildman–Crippen LogP) is 6.09. The monoisotopic (exact) mass is 528 g/mol. The van der Waals surface area contributed by atoms with Crippen molar-refractivity contribution in [2.75, 3.05) is 7.11 Å². The molecule has 0 fully saturated rings. The fourth-order valence-electron chi connectivity index (χ4n) is 3.78. The van der Waals surface area contributed by atoms with Crippen LogP contribution in [0.5, 0.6) is 11.5 Å². The molecule has 0 saturated heterocycles. The van der Waals surface area contributed by atoms with Gasteiger partial charge in [-0.05, 0) is 53.6 Å². The Labute approximate surface area is 223 Å². The van der Waals surface area contributed by atoms with E-state index in [2.05, 4.69) is 28.3 Å². The molecule has 2 aliphatic rings. The Morgan fingerprint density at radius 1 is 1.03 bits per heavy atom. The summed E-state index contributed by atoms with van der Waals surface area (Å²) in [6.07, 6.45) is 1.63. The van der Waals surface area contributed by atoms with Gasteiger partial charge in [0.05, 0.1) is 12.7 Å². The number of nitrogens with zero attached hydrogens (tertiary/aromatic N) is 3. The maximum absolute atomic E-state index is 12.8. The van der Waals surface area contributed by atoms with Crippen LogP contribution in [0.1, 0.15) is 22.3 Å². The van der Waals surface area contributed by atoms with Gasteiger partial charge in [-0.2, -0.15) is 10.0 Å². The van der Waals surface area contributed by atoms with E-state index in [0.717, 1.165) is 15.7 Å². The van der Waals surface area contributed by atoms with Crippen LogP contribution < -0.4 is 9.47 Å². The number of nitrogens with one attached hydrogen (secondary N) is 1. The van der Waals surface area contributed by atoms with Crippen LogP contribution in [0.3, 0.4) is 0 Å². The van der Waals surface area contributed by atoms with E-state index in [9.17, 15) is 4.79 Å². The zero-order valence-corrected chi connectivity index (χ0v) is 21.9. The summed E-state index contributed by atoms with van der Waals surface area (Å²) in [5.74, 6) is 1.41. The molecule has 2 heterocycles. The number of hydrogen-bond donors (Lipinski definition) is 1. The average Bonchev–Trinajstić information content (AvgIpc) is 3.32. The Bertz CT molecular complexity index is 1450. The molecule has 0 atom stereocenters. The molecule has 0 aromatic heterocycles. The number of rotatable bonds is 7. The van der Waals surface area contributed by atoms with Gasteiger partial charge in [0.15, 0.2) is 21.7 Å². The highest BCUT2D eigenvalue weighted by molar-refractivity contribution is 8.45. The molecule has 0 saturated carbocycles. The molecule has 1 amide bonds. The van der Waals surface area contributed by atoms with Crippen molar-refractivity contribution in [3.05, 3.63) is 101 Å². The minimum atomic E-state index is -0.466. The molecule has 0 aliphatic carbocycles. The summed E-state index contributed by atoms with van der Waals surface area (Å²) in [6, 6.07) is 23.6. The number of hydrazone groups is 1. The van der Waals surface area contributed by atoms with Crippen LogP contribution in [0.25, 0.3) is 6.08 Å². The Morgan fingerprint density at radius 2 is 1.84 bits per heavy atom. The van der Waals surface area contributed by atoms with Gasteiger partial charge in [0.2, 0.25) is 5.17 Å². The number of fused-ring (bicyclic) bond motifs is 1. The lowest BCUT2D eigenvalue weighted by Gasteiger charge is -2.20. The Balaban J connectivity index is 1.30. The van der Waals surface area contributed by atoms with Gasteiger partial charge in [-0.3, -0.25) is 10.2 Å². The number of amidine groups is 2. The highest BCUT2D eigenvalue weighted by Crippen LogP contribution is 2.35. The number of benzene rings is 3. The average molecular weight is 529 g/mol. The van der Waals surface area contributed by atoms with Gasteiger partial charge in [-0.15, -0.1) is 5.10 Å². The van der Waals surface area contributed by atoms with Crippen molar-refractivity contribution in [2.24, 2.45) is 10.1 Å². The van der Waals surface area contributed by atoms with Crippen molar-refractivity contribution in [3.63, 3.8) is 0 Å². The quantitative estimate of drug-likeness (QED) is 0.373. The number of hydrogen-bond acceptors (Lipinski definition) is 7. The zero-order valence-electron chi connectivity index (χ0n) is 20.3. The summed E-state index contributed by atoms with van der Waals surface area (Å²) in [6.45, 7) is 2.45. The maximum Gasteiger partial charge on any atom is 0.283 e. The molecule has 0 bridgehead atoms. The van der Waals surface area contributed by atoms with E-state index < -0.39 is 5.91 Å². The summed E-state index contributed by atoms with van der Waals surface area (Å²) < 4.78 is 12.2. The lowest BCUT2D eigenvalue weighted by Crippen LogP contribution is -2.35. The van der Waals surface area contributed by atoms with Crippen LogP contribution >= 0.6 is 23.5 Å². The number of thioether (sulfide) groups is 2. The van der Waals surface area contributed by atoms with Gasteiger partial charge in [0.25, 0.3) is 5.91 Å². The third-order valence-corrected chi connectivity index (χ3v) is 7.73. The van der Waals surface area contributed by atoms with Crippen molar-refractivity contribution >= 4 is 50.9 Å². The van der Waals surface area contributed by atoms with E-state index in [0.29, 0.717) is 28.8 Å². The summed E-state index contributed by atoms with van der Waals surface area (Å²) in [5.41, 5.74) is 4.27. The molecular weight excluding hydrogens is 504 g/mol. The first-order chi connectivity index (χ1) is 18.0. The SMILES string of the molecule is COc1cc(C=C2C(=N)N3N=C(SCc4ccccc4)SC3=NC2=O)ccc1OCc1cccc(C)c1. The number of aliphatic imine (C=N–C) groups is 1. The smallest absolute Gasteiger partial charge is 0.283 e. The van der Waals surface area contributed by atoms with Crippen LogP contribution in [-0.4, -0.2) is 33.4 Å². The molecule has 186 valence electrons. The van der Waals surface area contributed by atoms with Gasteiger partial charge >= 0.3 is 0 Å². The second-order valence-electron chi connectivity index (χ2n) is 8.35. The van der Waals surface area contributed by atoms with Crippen molar-refractivity contribution in [1.82, 2.24) is 5.01 Å². The second-order valence-corrected chi connectivity index (χ2v) is 10.5. The number of methoxy groups -OCH3 is 1. The molecule has 3 aromatic rings. The lowest BCUT2D eigenvalue weighted by molar-refractivity contribution is -0.114. The van der Waals surface area contributed by atoms with Crippen molar-refractivity contribution in [1.29, 1.82) is 5.41 Å². The van der Waals surface area contributed by atoms with Gasteiger partial charge in [-0.1, -0.05) is 78.0 Å². The molecule has 37 heavy (non-hydrogen) atoms. The highest BCUT2D eigenvalue weighted by atomic mass is 32.2. The van der Waals surface area contributed by atoms with Crippen molar-refractivity contribution in [2.45, 2.75) is 19.3 Å². The molecule has 0 spiro atoms. The van der Waals surface area contributed by atoms with E-state index in [4.69, 9.17) is 14.9 Å². The fourth-order valence-corrected chi connectivity index (χ4v) is 5.66. The molecule has 3 aromatic carbocycles. The van der Waals surface area contributed by atoms with Crippen LogP contribution in [-0.2, 0) is 17.2 Å². The summed E-state index contributed by atoms with van der Waals surface area (Å²) in [5, 5.41) is 15.0. The van der Waals surface area contributed by atoms with E-state index >= 15 is 0 Å². The standard InChI is InChI=1S/C28H24N4O3S2/c1-18-7-6-10-21(13-18)16-35-23-12-11-20(15-24(23)34-2)14-22-25(29)32-27(30-26(22)33)37-28(31-32)36-17-19-8-4-3-5-9-19/h3-15,29H,16-17H2,1-2H3. The molecular formula is C28H24N4O3S2. The van der Waals surface area contributed by atoms with E-state index in [1.807, 2.05) is 49.4 Å². The zero-order chi connectivity index (χ0) is 25.8. The van der Waals surface area contributed by atoms with Crippen LogP contribution in [0.2, 0.25) is 0 Å². The fraction of sp³-hybridized carbons (Fsp3) is 0.143. The minimum Gasteiger partial charge on any atom is -0.493 e. The third-order valence-electron chi connectivity index (χ3n) is 5.62. The second kappa shape index (κ2) is 11.1. The topological polar surface area (TPSA) is 87.3 Å². The number of amides is 1. The summed E-state index contributed by atoms with van der Waals surface area (Å²) >= 11 is 2.86. The van der Waals surface area contributed by atoms with Gasteiger partial charge in [-0.25, -0.2) is 0 Å². The molecule has 5 rings (SSSR count). The van der Waals surface area contributed by atoms with Gasteiger partial charge in [0, 0.05) is 5.75 Å². The highest BCUT2D eigenvalue weighted by Gasteiger charge is 2.35. The first-order valence-electron chi connectivity index (χ1n) is 11.5. The first kappa shape index (κ1) is 24.9. The Morgan fingerprint density at radius 3 is 2.62 bits per heavy atom. The molecule has 1 N–H and O–H groups in total. The van der Waals surface area contributed by atoms with E-state index in [-0.39, 0.29) is 11.4 Å². The van der Waals surface area contributed by atoms with E-state index in [1.54, 1.807) is 37.1 Å². The first-order valence-corrected chi connectivity index (χ1v) is 13.3. The van der Waals surface area contributed by atoms with Crippen molar-refractivity contribution < 1.29 is 14.3 Å². The predicted molar refractivity (Wildman–Crippen MR) is 151 cm³/mol. The molecule has 7 nitrogen and oxygen atoms in total. The third kappa shape index (κ3) is 5.79. The summed E-state index contributed by atoms with van der Waals surface area (Å²) in [4.78, 5) is 17.0. The number of carbonyl (C=O) groups is 1. The van der Waals surface area contributed by atoms with E-state index in [1.165, 1.54) is 27.9 Å². The largest absolute Gasteiger partial charge is 0.493 e. The Kier molecular flexibility index (Phi) is 7.43. The van der Waals surface area contributed by atoms with Gasteiger partial charge < -0.3 is 9.47 Å². The van der Waals surface area contributed by atoms with Crippen LogP contribution in [0.15, 0.2) is 88.5 Å². The Hall–Kier alpha value is -3.82.